The van der Waals surface area contributed by atoms with Crippen molar-refractivity contribution in [1.29, 1.82) is 0 Å². The third-order valence-corrected chi connectivity index (χ3v) is 5.94. The molecule has 0 saturated heterocycles. The van der Waals surface area contributed by atoms with Crippen LogP contribution in [0.5, 0.6) is 5.75 Å². The number of ether oxygens (including phenoxy) is 1. The first-order valence-corrected chi connectivity index (χ1v) is 8.83. The van der Waals surface area contributed by atoms with Gasteiger partial charge >= 0.3 is 5.97 Å². The Morgan fingerprint density at radius 3 is 2.62 bits per heavy atom. The lowest BCUT2D eigenvalue weighted by Gasteiger charge is -2.20. The van der Waals surface area contributed by atoms with Gasteiger partial charge in [0.1, 0.15) is 11.3 Å². The number of carbonyl (C=O) groups is 1. The van der Waals surface area contributed by atoms with Crippen LogP contribution in [0.15, 0.2) is 47.4 Å². The average Bonchev–Trinajstić information content (AvgIpc) is 2.92. The fourth-order valence-corrected chi connectivity index (χ4v) is 4.55. The molecule has 0 spiro atoms. The van der Waals surface area contributed by atoms with Gasteiger partial charge in [0.25, 0.3) is 10.0 Å². The van der Waals surface area contributed by atoms with Crippen molar-refractivity contribution in [2.75, 3.05) is 18.0 Å². The van der Waals surface area contributed by atoms with Crippen LogP contribution < -0.4 is 9.04 Å². The van der Waals surface area contributed by atoms with Crippen molar-refractivity contribution in [3.05, 3.63) is 53.6 Å². The van der Waals surface area contributed by atoms with Gasteiger partial charge in [-0.1, -0.05) is 25.1 Å². The molecule has 0 radical (unpaired) electrons. The number of rotatable bonds is 4. The summed E-state index contributed by atoms with van der Waals surface area (Å²) < 4.78 is 32.3. The van der Waals surface area contributed by atoms with Crippen molar-refractivity contribution in [3.63, 3.8) is 0 Å². The second-order valence-electron chi connectivity index (χ2n) is 5.66. The number of hydrogen-bond acceptors (Lipinski definition) is 4. The lowest BCUT2D eigenvalue weighted by molar-refractivity contribution is 0.0693. The molecule has 24 heavy (non-hydrogen) atoms. The van der Waals surface area contributed by atoms with Gasteiger partial charge in [0.2, 0.25) is 0 Å². The fraction of sp³-hybridized carbons (Fsp3) is 0.235. The molecular weight excluding hydrogens is 330 g/mol. The average molecular weight is 347 g/mol. The Kier molecular flexibility index (Phi) is 3.96. The maximum atomic E-state index is 13.0. The molecule has 0 bridgehead atoms. The van der Waals surface area contributed by atoms with Crippen LogP contribution in [-0.4, -0.2) is 33.1 Å². The first kappa shape index (κ1) is 16.3. The van der Waals surface area contributed by atoms with Crippen LogP contribution in [0.25, 0.3) is 0 Å². The minimum atomic E-state index is -3.85. The highest BCUT2D eigenvalue weighted by molar-refractivity contribution is 7.92. The largest absolute Gasteiger partial charge is 0.496 e. The number of carboxylic acids is 1. The number of methoxy groups -OCH3 is 1. The Bertz CT molecular complexity index is 907. The quantitative estimate of drug-likeness (QED) is 0.919. The zero-order chi connectivity index (χ0) is 17.5. The lowest BCUT2D eigenvalue weighted by Crippen LogP contribution is -2.29. The van der Waals surface area contributed by atoms with Gasteiger partial charge in [-0.2, -0.15) is 0 Å². The van der Waals surface area contributed by atoms with E-state index >= 15 is 0 Å². The minimum absolute atomic E-state index is 0.0652. The maximum absolute atomic E-state index is 13.0. The van der Waals surface area contributed by atoms with Crippen molar-refractivity contribution in [3.8, 4) is 5.75 Å². The molecule has 1 aliphatic heterocycles. The molecule has 2 aromatic rings. The first-order chi connectivity index (χ1) is 11.4. The van der Waals surface area contributed by atoms with Gasteiger partial charge in [0.05, 0.1) is 17.7 Å². The number of sulfonamides is 1. The molecule has 2 aromatic carbocycles. The van der Waals surface area contributed by atoms with E-state index in [0.29, 0.717) is 12.2 Å². The highest BCUT2D eigenvalue weighted by Crippen LogP contribution is 2.39. The van der Waals surface area contributed by atoms with Crippen LogP contribution in [0.2, 0.25) is 0 Å². The monoisotopic (exact) mass is 347 g/mol. The van der Waals surface area contributed by atoms with E-state index in [1.54, 1.807) is 12.1 Å². The zero-order valence-corrected chi connectivity index (χ0v) is 14.1. The van der Waals surface area contributed by atoms with Gasteiger partial charge in [0, 0.05) is 12.5 Å². The fourth-order valence-electron chi connectivity index (χ4n) is 2.95. The number of benzene rings is 2. The summed E-state index contributed by atoms with van der Waals surface area (Å²) in [5.41, 5.74) is 1.42. The molecule has 1 N–H and O–H groups in total. The van der Waals surface area contributed by atoms with E-state index in [1.807, 2.05) is 19.1 Å². The van der Waals surface area contributed by atoms with E-state index in [1.165, 1.54) is 23.5 Å². The second-order valence-corrected chi connectivity index (χ2v) is 7.53. The van der Waals surface area contributed by atoms with Crippen molar-refractivity contribution in [1.82, 2.24) is 0 Å². The highest BCUT2D eigenvalue weighted by Gasteiger charge is 2.35. The predicted octanol–water partition coefficient (Wildman–Crippen LogP) is 2.71. The minimum Gasteiger partial charge on any atom is -0.496 e. The summed E-state index contributed by atoms with van der Waals surface area (Å²) in [4.78, 5) is 11.3. The molecule has 0 amide bonds. The van der Waals surface area contributed by atoms with Crippen LogP contribution in [0.4, 0.5) is 5.69 Å². The normalized spacial score (nSPS) is 16.8. The number of carboxylic acid groups (broad SMARTS) is 1. The Labute approximate surface area is 140 Å². The van der Waals surface area contributed by atoms with Gasteiger partial charge in [-0.15, -0.1) is 0 Å². The number of fused-ring (bicyclic) bond motifs is 1. The standard InChI is InChI=1S/C17H17NO5S/c1-11-10-18(15-6-4-3-5-13(11)15)24(21,22)12-7-8-16(23-2)14(9-12)17(19)20/h3-9,11H,10H2,1-2H3,(H,19,20). The van der Waals surface area contributed by atoms with Crippen molar-refractivity contribution >= 4 is 21.7 Å². The van der Waals surface area contributed by atoms with Crippen molar-refractivity contribution in [2.24, 2.45) is 0 Å². The summed E-state index contributed by atoms with van der Waals surface area (Å²) in [6, 6.07) is 11.2. The molecule has 0 aromatic heterocycles. The summed E-state index contributed by atoms with van der Waals surface area (Å²) in [7, 11) is -2.51. The molecule has 0 saturated carbocycles. The van der Waals surface area contributed by atoms with Crippen molar-refractivity contribution < 1.29 is 23.1 Å². The number of hydrogen-bond donors (Lipinski definition) is 1. The van der Waals surface area contributed by atoms with Crippen LogP contribution in [0.3, 0.4) is 0 Å². The Morgan fingerprint density at radius 2 is 1.96 bits per heavy atom. The van der Waals surface area contributed by atoms with Gasteiger partial charge in [-0.05, 0) is 29.8 Å². The maximum Gasteiger partial charge on any atom is 0.339 e. The SMILES string of the molecule is COc1ccc(S(=O)(=O)N2CC(C)c3ccccc32)cc1C(=O)O. The molecule has 3 rings (SSSR count). The molecule has 7 heteroatoms. The smallest absolute Gasteiger partial charge is 0.339 e. The number of para-hydroxylation sites is 1. The van der Waals surface area contributed by atoms with E-state index in [0.717, 1.165) is 11.6 Å². The second kappa shape index (κ2) is 5.83. The van der Waals surface area contributed by atoms with Crippen molar-refractivity contribution in [2.45, 2.75) is 17.7 Å². The lowest BCUT2D eigenvalue weighted by atomic mass is 10.0. The van der Waals surface area contributed by atoms with Gasteiger partial charge in [-0.25, -0.2) is 13.2 Å². The highest BCUT2D eigenvalue weighted by atomic mass is 32.2. The number of anilines is 1. The Balaban J connectivity index is 2.10. The van der Waals surface area contributed by atoms with Gasteiger partial charge < -0.3 is 9.84 Å². The number of nitrogens with zero attached hydrogens (tertiary/aromatic N) is 1. The molecule has 1 heterocycles. The summed E-state index contributed by atoms with van der Waals surface area (Å²) >= 11 is 0. The molecule has 1 aliphatic rings. The van der Waals surface area contributed by atoms with E-state index in [2.05, 4.69) is 0 Å². The topological polar surface area (TPSA) is 83.9 Å². The summed E-state index contributed by atoms with van der Waals surface area (Å²) in [6.07, 6.45) is 0. The molecule has 6 nitrogen and oxygen atoms in total. The van der Waals surface area contributed by atoms with Crippen LogP contribution in [0, 0.1) is 0 Å². The van der Waals surface area contributed by atoms with Crippen LogP contribution in [-0.2, 0) is 10.0 Å². The molecule has 0 aliphatic carbocycles. The first-order valence-electron chi connectivity index (χ1n) is 7.39. The molecular formula is C17H17NO5S. The molecule has 126 valence electrons. The zero-order valence-electron chi connectivity index (χ0n) is 13.3. The van der Waals surface area contributed by atoms with Crippen LogP contribution in [0.1, 0.15) is 28.8 Å². The van der Waals surface area contributed by atoms with Gasteiger partial charge in [0.15, 0.2) is 0 Å². The Morgan fingerprint density at radius 1 is 1.25 bits per heavy atom. The molecule has 1 unspecified atom stereocenters. The molecule has 1 atom stereocenters. The summed E-state index contributed by atoms with van der Waals surface area (Å²) in [6.45, 7) is 2.29. The number of aromatic carboxylic acids is 1. The van der Waals surface area contributed by atoms with E-state index in [4.69, 9.17) is 4.74 Å². The predicted molar refractivity (Wildman–Crippen MR) is 89.3 cm³/mol. The Hall–Kier alpha value is -2.54. The third-order valence-electron chi connectivity index (χ3n) is 4.17. The van der Waals surface area contributed by atoms with E-state index in [9.17, 15) is 18.3 Å². The van der Waals surface area contributed by atoms with E-state index < -0.39 is 16.0 Å². The summed E-state index contributed by atoms with van der Waals surface area (Å²) in [5.74, 6) is -1.04. The van der Waals surface area contributed by atoms with Gasteiger partial charge in [-0.3, -0.25) is 4.31 Å². The summed E-state index contributed by atoms with van der Waals surface area (Å²) in [5, 5.41) is 9.26. The van der Waals surface area contributed by atoms with E-state index in [-0.39, 0.29) is 22.1 Å². The third kappa shape index (κ3) is 2.50. The van der Waals surface area contributed by atoms with Crippen LogP contribution >= 0.6 is 0 Å². The molecule has 0 fully saturated rings.